The molecule has 1 aromatic carbocycles. The predicted molar refractivity (Wildman–Crippen MR) is 159 cm³/mol. The number of hydrogen-bond donors (Lipinski definition) is 0. The highest BCUT2D eigenvalue weighted by atomic mass is 19.4. The molecule has 11 nitrogen and oxygen atoms in total. The van der Waals surface area contributed by atoms with Crippen LogP contribution in [0.5, 0.6) is 11.6 Å². The molecular formula is C30H34F5N9O2. The summed E-state index contributed by atoms with van der Waals surface area (Å²) in [6.07, 6.45) is 0.961. The van der Waals surface area contributed by atoms with Gasteiger partial charge in [-0.2, -0.15) is 26.9 Å². The molecule has 0 atom stereocenters. The van der Waals surface area contributed by atoms with Crippen molar-refractivity contribution in [2.75, 3.05) is 39.2 Å². The maximum absolute atomic E-state index is 13.7. The van der Waals surface area contributed by atoms with Crippen molar-refractivity contribution in [3.8, 4) is 34.4 Å². The summed E-state index contributed by atoms with van der Waals surface area (Å²) in [6, 6.07) is 3.96. The van der Waals surface area contributed by atoms with Crippen molar-refractivity contribution in [3.05, 3.63) is 54.0 Å². The van der Waals surface area contributed by atoms with Gasteiger partial charge in [-0.05, 0) is 46.9 Å². The van der Waals surface area contributed by atoms with E-state index in [0.717, 1.165) is 24.7 Å². The lowest BCUT2D eigenvalue weighted by Crippen LogP contribution is -2.33. The van der Waals surface area contributed by atoms with Gasteiger partial charge in [0.2, 0.25) is 11.8 Å². The van der Waals surface area contributed by atoms with Gasteiger partial charge in [-0.15, -0.1) is 0 Å². The molecule has 1 aliphatic carbocycles. The van der Waals surface area contributed by atoms with Gasteiger partial charge >= 0.3 is 12.8 Å². The van der Waals surface area contributed by atoms with E-state index in [-0.39, 0.29) is 41.6 Å². The Morgan fingerprint density at radius 2 is 1.74 bits per heavy atom. The lowest BCUT2D eigenvalue weighted by Gasteiger charge is -2.26. The van der Waals surface area contributed by atoms with Crippen molar-refractivity contribution in [3.63, 3.8) is 0 Å². The zero-order chi connectivity index (χ0) is 33.2. The van der Waals surface area contributed by atoms with E-state index in [4.69, 9.17) is 14.5 Å². The molecule has 0 radical (unpaired) electrons. The second-order valence-corrected chi connectivity index (χ2v) is 11.4. The highest BCUT2D eigenvalue weighted by Gasteiger charge is 2.35. The number of likely N-dealkylation sites (N-methyl/N-ethyl adjacent to an activating group) is 1. The number of halogens is 5. The number of alkyl halides is 5. The van der Waals surface area contributed by atoms with E-state index < -0.39 is 18.5 Å². The largest absolute Gasteiger partial charge is 0.480 e. The third kappa shape index (κ3) is 7.49. The van der Waals surface area contributed by atoms with Gasteiger partial charge in [-0.3, -0.25) is 0 Å². The first-order valence-corrected chi connectivity index (χ1v) is 14.6. The third-order valence-corrected chi connectivity index (χ3v) is 7.36. The summed E-state index contributed by atoms with van der Waals surface area (Å²) in [6.45, 7) is 1.19. The Morgan fingerprint density at radius 3 is 2.37 bits per heavy atom. The highest BCUT2D eigenvalue weighted by molar-refractivity contribution is 5.66. The molecule has 0 spiro atoms. The van der Waals surface area contributed by atoms with Gasteiger partial charge in [0.25, 0.3) is 0 Å². The number of aromatic nitrogens is 7. The average Bonchev–Trinajstić information content (AvgIpc) is 3.74. The zero-order valence-corrected chi connectivity index (χ0v) is 26.0. The monoisotopic (exact) mass is 647 g/mol. The Morgan fingerprint density at radius 1 is 1.00 bits per heavy atom. The molecule has 0 aliphatic heterocycles. The van der Waals surface area contributed by atoms with Crippen molar-refractivity contribution < 1.29 is 31.4 Å². The predicted octanol–water partition coefficient (Wildman–Crippen LogP) is 5.85. The number of benzene rings is 1. The van der Waals surface area contributed by atoms with Crippen LogP contribution in [0.1, 0.15) is 55.6 Å². The molecule has 5 rings (SSSR count). The fourth-order valence-corrected chi connectivity index (χ4v) is 4.92. The minimum absolute atomic E-state index is 0.0231. The van der Waals surface area contributed by atoms with Gasteiger partial charge in [0.1, 0.15) is 29.8 Å². The summed E-state index contributed by atoms with van der Waals surface area (Å²) >= 11 is 0. The van der Waals surface area contributed by atoms with E-state index in [1.165, 1.54) is 42.5 Å². The van der Waals surface area contributed by atoms with Crippen LogP contribution in [-0.4, -0.2) is 80.3 Å². The maximum atomic E-state index is 13.7. The summed E-state index contributed by atoms with van der Waals surface area (Å²) in [7, 11) is 5.27. The highest BCUT2D eigenvalue weighted by Crippen LogP contribution is 2.45. The Kier molecular flexibility index (Phi) is 9.65. The van der Waals surface area contributed by atoms with Crippen molar-refractivity contribution in [1.29, 1.82) is 0 Å². The van der Waals surface area contributed by atoms with Gasteiger partial charge in [-0.25, -0.2) is 24.9 Å². The molecular weight excluding hydrogens is 613 g/mol. The minimum atomic E-state index is -4.68. The lowest BCUT2D eigenvalue weighted by atomic mass is 10.1. The first kappa shape index (κ1) is 32.9. The van der Waals surface area contributed by atoms with Crippen LogP contribution in [0.15, 0.2) is 37.1 Å². The van der Waals surface area contributed by atoms with Crippen LogP contribution >= 0.6 is 0 Å². The van der Waals surface area contributed by atoms with Crippen molar-refractivity contribution in [2.24, 2.45) is 0 Å². The van der Waals surface area contributed by atoms with Crippen LogP contribution in [0.4, 0.5) is 27.9 Å². The fourth-order valence-electron chi connectivity index (χ4n) is 4.92. The van der Waals surface area contributed by atoms with Crippen molar-refractivity contribution >= 4 is 5.95 Å². The van der Waals surface area contributed by atoms with E-state index in [1.807, 2.05) is 19.0 Å². The van der Waals surface area contributed by atoms with Crippen molar-refractivity contribution in [1.82, 2.24) is 39.4 Å². The van der Waals surface area contributed by atoms with Crippen LogP contribution in [0.2, 0.25) is 0 Å². The summed E-state index contributed by atoms with van der Waals surface area (Å²) in [5.41, 5.74) is 0.786. The van der Waals surface area contributed by atoms with E-state index in [9.17, 15) is 22.0 Å². The molecule has 1 saturated carbocycles. The molecule has 1 aliphatic rings. The minimum Gasteiger partial charge on any atom is -0.480 e. The van der Waals surface area contributed by atoms with Gasteiger partial charge in [0, 0.05) is 48.9 Å². The van der Waals surface area contributed by atoms with Crippen LogP contribution in [-0.2, 0) is 12.7 Å². The van der Waals surface area contributed by atoms with E-state index in [2.05, 4.69) is 24.9 Å². The average molecular weight is 648 g/mol. The standard InChI is InChI=1S/C30H34F5N9O2/c1-17(2)44-14-22(30(33,34)35)40-26(44)19-8-9-20(21(12-19)46-28(31)32)13-43(11-10-42(3)4)29-39-16-37-25(41-29)23-24(18-6-7-18)36-15-38-27(23)45-5/h8-9,12,14-18,28H,6-7,10-11,13H2,1-5H3. The number of anilines is 1. The summed E-state index contributed by atoms with van der Waals surface area (Å²) in [5, 5.41) is 0. The topological polar surface area (TPSA) is 107 Å². The second-order valence-electron chi connectivity index (χ2n) is 11.4. The zero-order valence-electron chi connectivity index (χ0n) is 26.0. The smallest absolute Gasteiger partial charge is 0.434 e. The normalized spacial score (nSPS) is 13.6. The SMILES string of the molecule is COc1ncnc(C2CC2)c1-c1ncnc(N(CCN(C)C)Cc2ccc(-c3nc(C(F)(F)F)cn3C(C)C)cc2OC(F)F)n1. The third-order valence-electron chi connectivity index (χ3n) is 7.36. The number of hydrogen-bond acceptors (Lipinski definition) is 10. The van der Waals surface area contributed by atoms with Gasteiger partial charge in [0.15, 0.2) is 11.5 Å². The fraction of sp³-hybridized carbons (Fsp3) is 0.467. The number of imidazole rings is 1. The van der Waals surface area contributed by atoms with Gasteiger partial charge in [0.05, 0.1) is 12.8 Å². The van der Waals surface area contributed by atoms with Crippen LogP contribution in [0, 0.1) is 0 Å². The molecule has 4 aromatic rings. The van der Waals surface area contributed by atoms with Gasteiger partial charge in [-0.1, -0.05) is 12.1 Å². The summed E-state index contributed by atoms with van der Waals surface area (Å²) in [4.78, 5) is 29.7. The summed E-state index contributed by atoms with van der Waals surface area (Å²) < 4.78 is 79.6. The van der Waals surface area contributed by atoms with Gasteiger partial charge < -0.3 is 23.8 Å². The lowest BCUT2D eigenvalue weighted by molar-refractivity contribution is -0.140. The molecule has 16 heteroatoms. The number of nitrogens with zero attached hydrogens (tertiary/aromatic N) is 9. The Labute approximate surface area is 262 Å². The first-order valence-electron chi connectivity index (χ1n) is 14.6. The summed E-state index contributed by atoms with van der Waals surface area (Å²) in [5.74, 6) is 0.896. The number of methoxy groups -OCH3 is 1. The molecule has 0 unspecified atom stereocenters. The maximum Gasteiger partial charge on any atom is 0.434 e. The molecule has 246 valence electrons. The molecule has 3 aromatic heterocycles. The van der Waals surface area contributed by atoms with E-state index in [1.54, 1.807) is 18.7 Å². The number of ether oxygens (including phenoxy) is 2. The van der Waals surface area contributed by atoms with Crippen LogP contribution < -0.4 is 14.4 Å². The molecule has 0 N–H and O–H groups in total. The molecule has 0 amide bonds. The van der Waals surface area contributed by atoms with Crippen LogP contribution in [0.25, 0.3) is 22.8 Å². The van der Waals surface area contributed by atoms with E-state index in [0.29, 0.717) is 35.9 Å². The molecule has 0 saturated heterocycles. The second kappa shape index (κ2) is 13.5. The van der Waals surface area contributed by atoms with Crippen LogP contribution in [0.3, 0.4) is 0 Å². The number of rotatable bonds is 13. The Bertz CT molecular complexity index is 1660. The Hall–Kier alpha value is -4.47. The van der Waals surface area contributed by atoms with Crippen molar-refractivity contribution in [2.45, 2.75) is 58.0 Å². The van der Waals surface area contributed by atoms with E-state index >= 15 is 0 Å². The molecule has 0 bridgehead atoms. The molecule has 46 heavy (non-hydrogen) atoms. The first-order chi connectivity index (χ1) is 21.8. The molecule has 3 heterocycles. The molecule has 1 fully saturated rings. The quantitative estimate of drug-likeness (QED) is 0.164. The Balaban J connectivity index is 1.54.